The van der Waals surface area contributed by atoms with Crippen molar-refractivity contribution in [3.8, 4) is 0 Å². The van der Waals surface area contributed by atoms with Crippen molar-refractivity contribution in [2.45, 2.75) is 19.3 Å². The van der Waals surface area contributed by atoms with E-state index in [-0.39, 0.29) is 0 Å². The minimum Gasteiger partial charge on any atom is -0.298 e. The third-order valence-electron chi connectivity index (χ3n) is 2.60. The van der Waals surface area contributed by atoms with Crippen molar-refractivity contribution in [2.75, 3.05) is 0 Å². The van der Waals surface area contributed by atoms with Gasteiger partial charge in [0.05, 0.1) is 0 Å². The van der Waals surface area contributed by atoms with E-state index in [9.17, 15) is 4.79 Å². The summed E-state index contributed by atoms with van der Waals surface area (Å²) in [4.78, 5) is 10.8. The number of carbonyl (C=O) groups excluding carboxylic acids is 1. The number of rotatable bonds is 2. The third kappa shape index (κ3) is 1.73. The summed E-state index contributed by atoms with van der Waals surface area (Å²) in [7, 11) is 0. The molecule has 0 heterocycles. The lowest BCUT2D eigenvalue weighted by Gasteiger charge is -2.03. The van der Waals surface area contributed by atoms with Crippen molar-refractivity contribution in [2.24, 2.45) is 0 Å². The number of hydrogen-bond acceptors (Lipinski definition) is 1. The molecule has 0 N–H and O–H groups in total. The normalized spacial score (nSPS) is 16.1. The molecule has 0 unspecified atom stereocenters. The van der Waals surface area contributed by atoms with Crippen LogP contribution in [0.3, 0.4) is 0 Å². The molecular formula is C12H11ClO. The Hall–Kier alpha value is -1.08. The summed E-state index contributed by atoms with van der Waals surface area (Å²) in [5.41, 5.74) is 3.28. The fourth-order valence-corrected chi connectivity index (χ4v) is 2.00. The molecule has 72 valence electrons. The van der Waals surface area contributed by atoms with Crippen LogP contribution < -0.4 is 0 Å². The molecule has 1 aromatic rings. The number of halogens is 1. The lowest BCUT2D eigenvalue weighted by atomic mass is 10.0. The van der Waals surface area contributed by atoms with E-state index >= 15 is 0 Å². The van der Waals surface area contributed by atoms with Crippen molar-refractivity contribution in [3.63, 3.8) is 0 Å². The van der Waals surface area contributed by atoms with E-state index in [2.05, 4.69) is 0 Å². The molecule has 0 aromatic heterocycles. The molecule has 2 heteroatoms. The maximum atomic E-state index is 10.8. The van der Waals surface area contributed by atoms with Gasteiger partial charge < -0.3 is 0 Å². The Morgan fingerprint density at radius 1 is 1.14 bits per heavy atom. The van der Waals surface area contributed by atoms with Crippen LogP contribution in [0.15, 0.2) is 29.8 Å². The van der Waals surface area contributed by atoms with Gasteiger partial charge in [0, 0.05) is 5.02 Å². The molecule has 1 aromatic carbocycles. The molecule has 1 aliphatic rings. The summed E-state index contributed by atoms with van der Waals surface area (Å²) >= 11 is 5.80. The van der Waals surface area contributed by atoms with Crippen LogP contribution in [-0.2, 0) is 4.79 Å². The van der Waals surface area contributed by atoms with E-state index in [0.717, 1.165) is 41.7 Å². The van der Waals surface area contributed by atoms with Gasteiger partial charge in [-0.25, -0.2) is 0 Å². The molecule has 0 fully saturated rings. The Morgan fingerprint density at radius 2 is 1.86 bits per heavy atom. The maximum absolute atomic E-state index is 10.8. The summed E-state index contributed by atoms with van der Waals surface area (Å²) in [5, 5.41) is 0.736. The number of benzene rings is 1. The highest BCUT2D eigenvalue weighted by Crippen LogP contribution is 2.32. The molecule has 0 atom stereocenters. The first-order valence-electron chi connectivity index (χ1n) is 4.74. The van der Waals surface area contributed by atoms with Crippen LogP contribution in [0.25, 0.3) is 5.57 Å². The molecule has 2 rings (SSSR count). The average Bonchev–Trinajstić information content (AvgIpc) is 2.67. The number of allylic oxidation sites excluding steroid dienone is 2. The summed E-state index contributed by atoms with van der Waals surface area (Å²) in [5.74, 6) is 0. The van der Waals surface area contributed by atoms with Gasteiger partial charge in [0.15, 0.2) is 0 Å². The molecule has 14 heavy (non-hydrogen) atoms. The largest absolute Gasteiger partial charge is 0.298 e. The number of carbonyl (C=O) groups is 1. The van der Waals surface area contributed by atoms with Crippen molar-refractivity contribution < 1.29 is 4.79 Å². The molecule has 0 aliphatic heterocycles. The number of aldehydes is 1. The first-order chi connectivity index (χ1) is 6.81. The quantitative estimate of drug-likeness (QED) is 0.678. The van der Waals surface area contributed by atoms with Gasteiger partial charge in [0.1, 0.15) is 6.29 Å². The second-order valence-electron chi connectivity index (χ2n) is 3.48. The first-order valence-corrected chi connectivity index (χ1v) is 5.12. The van der Waals surface area contributed by atoms with E-state index < -0.39 is 0 Å². The van der Waals surface area contributed by atoms with E-state index in [0.29, 0.717) is 0 Å². The predicted octanol–water partition coefficient (Wildman–Crippen LogP) is 3.48. The predicted molar refractivity (Wildman–Crippen MR) is 58.3 cm³/mol. The monoisotopic (exact) mass is 206 g/mol. The van der Waals surface area contributed by atoms with Crippen molar-refractivity contribution in [1.82, 2.24) is 0 Å². The van der Waals surface area contributed by atoms with Crippen LogP contribution in [0, 0.1) is 0 Å². The fourth-order valence-electron chi connectivity index (χ4n) is 1.88. The van der Waals surface area contributed by atoms with Gasteiger partial charge in [0.25, 0.3) is 0 Å². The maximum Gasteiger partial charge on any atom is 0.146 e. The Kier molecular flexibility index (Phi) is 2.69. The molecule has 0 bridgehead atoms. The lowest BCUT2D eigenvalue weighted by molar-refractivity contribution is -0.104. The van der Waals surface area contributed by atoms with Crippen LogP contribution in [0.5, 0.6) is 0 Å². The topological polar surface area (TPSA) is 17.1 Å². The zero-order valence-corrected chi connectivity index (χ0v) is 8.55. The third-order valence-corrected chi connectivity index (χ3v) is 2.85. The van der Waals surface area contributed by atoms with E-state index in [4.69, 9.17) is 11.6 Å². The van der Waals surface area contributed by atoms with Crippen molar-refractivity contribution in [1.29, 1.82) is 0 Å². The van der Waals surface area contributed by atoms with Crippen LogP contribution in [0.1, 0.15) is 24.8 Å². The molecule has 1 nitrogen and oxygen atoms in total. The second-order valence-corrected chi connectivity index (χ2v) is 3.92. The highest BCUT2D eigenvalue weighted by atomic mass is 35.5. The van der Waals surface area contributed by atoms with E-state index in [1.807, 2.05) is 24.3 Å². The lowest BCUT2D eigenvalue weighted by Crippen LogP contribution is -1.85. The van der Waals surface area contributed by atoms with Crippen molar-refractivity contribution in [3.05, 3.63) is 40.4 Å². The van der Waals surface area contributed by atoms with Crippen LogP contribution >= 0.6 is 11.6 Å². The fraction of sp³-hybridized carbons (Fsp3) is 0.250. The van der Waals surface area contributed by atoms with Gasteiger partial charge in [-0.3, -0.25) is 4.79 Å². The van der Waals surface area contributed by atoms with Gasteiger partial charge in [-0.15, -0.1) is 0 Å². The molecule has 0 saturated carbocycles. The van der Waals surface area contributed by atoms with E-state index in [1.165, 1.54) is 5.57 Å². The highest BCUT2D eigenvalue weighted by Gasteiger charge is 2.14. The minimum atomic E-state index is 0.736. The Bertz CT molecular complexity index is 376. The Balaban J connectivity index is 2.39. The standard InChI is InChI=1S/C12H11ClO/c13-11-6-4-9(5-7-11)12-3-1-2-10(12)8-14/h4-8H,1-3H2. The summed E-state index contributed by atoms with van der Waals surface area (Å²) < 4.78 is 0. The molecule has 0 radical (unpaired) electrons. The van der Waals surface area contributed by atoms with Crippen LogP contribution in [0.4, 0.5) is 0 Å². The van der Waals surface area contributed by atoms with Gasteiger partial charge in [0.2, 0.25) is 0 Å². The van der Waals surface area contributed by atoms with Gasteiger partial charge in [-0.05, 0) is 48.1 Å². The van der Waals surface area contributed by atoms with Crippen LogP contribution in [-0.4, -0.2) is 6.29 Å². The van der Waals surface area contributed by atoms with Gasteiger partial charge in [-0.2, -0.15) is 0 Å². The van der Waals surface area contributed by atoms with Crippen LogP contribution in [0.2, 0.25) is 5.02 Å². The smallest absolute Gasteiger partial charge is 0.146 e. The first kappa shape index (κ1) is 9.47. The second kappa shape index (κ2) is 3.97. The molecule has 1 aliphatic carbocycles. The Labute approximate surface area is 88.4 Å². The molecule has 0 spiro atoms. The Morgan fingerprint density at radius 3 is 2.50 bits per heavy atom. The summed E-state index contributed by atoms with van der Waals surface area (Å²) in [6.07, 6.45) is 4.00. The summed E-state index contributed by atoms with van der Waals surface area (Å²) in [6, 6.07) is 7.69. The highest BCUT2D eigenvalue weighted by molar-refractivity contribution is 6.30. The van der Waals surface area contributed by atoms with Gasteiger partial charge in [-0.1, -0.05) is 23.7 Å². The average molecular weight is 207 g/mol. The minimum absolute atomic E-state index is 0.736. The molecule has 0 saturated heterocycles. The van der Waals surface area contributed by atoms with E-state index in [1.54, 1.807) is 0 Å². The van der Waals surface area contributed by atoms with Crippen molar-refractivity contribution >= 4 is 23.5 Å². The molecule has 0 amide bonds. The van der Waals surface area contributed by atoms with Gasteiger partial charge >= 0.3 is 0 Å². The number of hydrogen-bond donors (Lipinski definition) is 0. The SMILES string of the molecule is O=CC1=C(c2ccc(Cl)cc2)CCC1. The zero-order chi connectivity index (χ0) is 9.97. The molecular weight excluding hydrogens is 196 g/mol. The zero-order valence-electron chi connectivity index (χ0n) is 7.79. The summed E-state index contributed by atoms with van der Waals surface area (Å²) in [6.45, 7) is 0.